The average Bonchev–Trinajstić information content (AvgIpc) is 3.02. The molecule has 1 N–H and O–H groups in total. The monoisotopic (exact) mass is 335 g/mol. The molecule has 1 atom stereocenters. The van der Waals surface area contributed by atoms with Gasteiger partial charge in [0, 0.05) is 36.4 Å². The molecular formula is C14H14BrN3O2. The van der Waals surface area contributed by atoms with Crippen LogP contribution in [0.2, 0.25) is 0 Å². The van der Waals surface area contributed by atoms with E-state index in [0.29, 0.717) is 18.7 Å². The number of hydrogen-bond acceptors (Lipinski definition) is 3. The summed E-state index contributed by atoms with van der Waals surface area (Å²) in [6.07, 6.45) is 3.69. The summed E-state index contributed by atoms with van der Waals surface area (Å²) in [4.78, 5) is 17.8. The van der Waals surface area contributed by atoms with E-state index in [0.717, 1.165) is 10.2 Å². The standard InChI is InChI=1S/C14H14BrN3O2/c1-17-6-5-14(20,13(17)19)12-8-18(9-16-12)11-4-2-3-10(15)7-11/h2-4,7-9,20H,5-6H2,1H3. The van der Waals surface area contributed by atoms with E-state index in [4.69, 9.17) is 0 Å². The molecule has 0 radical (unpaired) electrons. The number of amides is 1. The molecule has 5 nitrogen and oxygen atoms in total. The summed E-state index contributed by atoms with van der Waals surface area (Å²) in [5, 5.41) is 10.5. The summed E-state index contributed by atoms with van der Waals surface area (Å²) >= 11 is 3.42. The molecule has 1 saturated heterocycles. The lowest BCUT2D eigenvalue weighted by atomic mass is 9.99. The second-order valence-electron chi connectivity index (χ2n) is 4.98. The Balaban J connectivity index is 1.97. The maximum Gasteiger partial charge on any atom is 0.260 e. The van der Waals surface area contributed by atoms with Gasteiger partial charge < -0.3 is 14.6 Å². The summed E-state index contributed by atoms with van der Waals surface area (Å²) < 4.78 is 2.75. The summed E-state index contributed by atoms with van der Waals surface area (Å²) in [6.45, 7) is 0.541. The molecule has 0 bridgehead atoms. The van der Waals surface area contributed by atoms with E-state index < -0.39 is 5.60 Å². The van der Waals surface area contributed by atoms with Gasteiger partial charge in [0.1, 0.15) is 5.69 Å². The highest BCUT2D eigenvalue weighted by molar-refractivity contribution is 9.10. The first-order chi connectivity index (χ1) is 9.50. The van der Waals surface area contributed by atoms with Gasteiger partial charge in [0.25, 0.3) is 5.91 Å². The number of carbonyl (C=O) groups is 1. The average molecular weight is 336 g/mol. The second-order valence-corrected chi connectivity index (χ2v) is 5.90. The van der Waals surface area contributed by atoms with E-state index in [-0.39, 0.29) is 5.91 Å². The third-order valence-electron chi connectivity index (χ3n) is 3.62. The van der Waals surface area contributed by atoms with E-state index in [9.17, 15) is 9.90 Å². The van der Waals surface area contributed by atoms with Crippen molar-refractivity contribution in [1.29, 1.82) is 0 Å². The Morgan fingerprint density at radius 1 is 1.45 bits per heavy atom. The lowest BCUT2D eigenvalue weighted by Gasteiger charge is -2.17. The van der Waals surface area contributed by atoms with Gasteiger partial charge in [-0.25, -0.2) is 4.98 Å². The summed E-state index contributed by atoms with van der Waals surface area (Å²) in [5.41, 5.74) is -0.182. The Morgan fingerprint density at radius 2 is 2.25 bits per heavy atom. The number of carbonyl (C=O) groups excluding carboxylic acids is 1. The van der Waals surface area contributed by atoms with Crippen LogP contribution in [0.15, 0.2) is 41.3 Å². The minimum atomic E-state index is -1.49. The first-order valence-corrected chi connectivity index (χ1v) is 7.08. The molecule has 1 aliphatic rings. The van der Waals surface area contributed by atoms with Crippen molar-refractivity contribution in [1.82, 2.24) is 14.5 Å². The van der Waals surface area contributed by atoms with Crippen LogP contribution in [-0.2, 0) is 10.4 Å². The molecule has 1 aromatic heterocycles. The molecule has 2 heterocycles. The highest BCUT2D eigenvalue weighted by atomic mass is 79.9. The summed E-state index contributed by atoms with van der Waals surface area (Å²) in [5.74, 6) is -0.294. The first kappa shape index (κ1) is 13.3. The quantitative estimate of drug-likeness (QED) is 0.908. The molecule has 1 amide bonds. The highest BCUT2D eigenvalue weighted by Gasteiger charge is 2.46. The summed E-state index contributed by atoms with van der Waals surface area (Å²) in [6, 6.07) is 7.73. The Bertz CT molecular complexity index is 670. The predicted molar refractivity (Wildman–Crippen MR) is 77.4 cm³/mol. The molecule has 6 heteroatoms. The van der Waals surface area contributed by atoms with Gasteiger partial charge in [-0.3, -0.25) is 4.79 Å². The maximum absolute atomic E-state index is 12.0. The van der Waals surface area contributed by atoms with Gasteiger partial charge >= 0.3 is 0 Å². The molecule has 1 aliphatic heterocycles. The van der Waals surface area contributed by atoms with E-state index >= 15 is 0 Å². The second kappa shape index (κ2) is 4.71. The number of benzene rings is 1. The molecule has 0 aliphatic carbocycles. The van der Waals surface area contributed by atoms with Crippen molar-refractivity contribution >= 4 is 21.8 Å². The van der Waals surface area contributed by atoms with E-state index in [1.54, 1.807) is 24.1 Å². The van der Waals surface area contributed by atoms with Crippen LogP contribution in [0.1, 0.15) is 12.1 Å². The lowest BCUT2D eigenvalue weighted by Crippen LogP contribution is -2.36. The fourth-order valence-electron chi connectivity index (χ4n) is 2.41. The SMILES string of the molecule is CN1CCC(O)(c2cn(-c3cccc(Br)c3)cn2)C1=O. The molecule has 1 unspecified atom stereocenters. The number of hydrogen-bond donors (Lipinski definition) is 1. The third-order valence-corrected chi connectivity index (χ3v) is 4.12. The fourth-order valence-corrected chi connectivity index (χ4v) is 2.79. The molecule has 1 aromatic carbocycles. The van der Waals surface area contributed by atoms with Crippen molar-refractivity contribution < 1.29 is 9.90 Å². The van der Waals surface area contributed by atoms with Crippen LogP contribution in [0.5, 0.6) is 0 Å². The van der Waals surface area contributed by atoms with Crippen LogP contribution >= 0.6 is 15.9 Å². The van der Waals surface area contributed by atoms with Gasteiger partial charge in [-0.1, -0.05) is 22.0 Å². The van der Waals surface area contributed by atoms with Gasteiger partial charge in [-0.05, 0) is 18.2 Å². The molecule has 20 heavy (non-hydrogen) atoms. The van der Waals surface area contributed by atoms with Gasteiger partial charge in [0.2, 0.25) is 0 Å². The first-order valence-electron chi connectivity index (χ1n) is 6.29. The van der Waals surface area contributed by atoms with E-state index in [2.05, 4.69) is 20.9 Å². The number of aliphatic hydroxyl groups is 1. The number of halogens is 1. The van der Waals surface area contributed by atoms with Crippen molar-refractivity contribution in [3.05, 3.63) is 47.0 Å². The summed E-state index contributed by atoms with van der Waals surface area (Å²) in [7, 11) is 1.69. The van der Waals surface area contributed by atoms with Crippen LogP contribution in [0, 0.1) is 0 Å². The zero-order valence-electron chi connectivity index (χ0n) is 11.0. The normalized spacial score (nSPS) is 22.6. The topological polar surface area (TPSA) is 58.4 Å². The third kappa shape index (κ3) is 2.05. The molecule has 3 rings (SSSR count). The van der Waals surface area contributed by atoms with Gasteiger partial charge in [-0.15, -0.1) is 0 Å². The smallest absolute Gasteiger partial charge is 0.260 e. The van der Waals surface area contributed by atoms with Crippen molar-refractivity contribution in [2.24, 2.45) is 0 Å². The number of likely N-dealkylation sites (tertiary alicyclic amines) is 1. The Kier molecular flexibility index (Phi) is 3.14. The van der Waals surface area contributed by atoms with Gasteiger partial charge in [0.05, 0.1) is 6.33 Å². The molecule has 104 valence electrons. The number of aromatic nitrogens is 2. The lowest BCUT2D eigenvalue weighted by molar-refractivity contribution is -0.143. The van der Waals surface area contributed by atoms with Crippen LogP contribution in [0.3, 0.4) is 0 Å². The van der Waals surface area contributed by atoms with Crippen molar-refractivity contribution in [3.63, 3.8) is 0 Å². The number of nitrogens with zero attached hydrogens (tertiary/aromatic N) is 3. The van der Waals surface area contributed by atoms with Gasteiger partial charge in [-0.2, -0.15) is 0 Å². The van der Waals surface area contributed by atoms with Crippen molar-refractivity contribution in [2.45, 2.75) is 12.0 Å². The van der Waals surface area contributed by atoms with Crippen LogP contribution in [0.25, 0.3) is 5.69 Å². The maximum atomic E-state index is 12.0. The Morgan fingerprint density at radius 3 is 2.90 bits per heavy atom. The van der Waals surface area contributed by atoms with Crippen LogP contribution in [0.4, 0.5) is 0 Å². The fraction of sp³-hybridized carbons (Fsp3) is 0.286. The predicted octanol–water partition coefficient (Wildman–Crippen LogP) is 1.68. The van der Waals surface area contributed by atoms with Crippen LogP contribution < -0.4 is 0 Å². The zero-order chi connectivity index (χ0) is 14.3. The number of imidazole rings is 1. The number of likely N-dealkylation sites (N-methyl/N-ethyl adjacent to an activating group) is 1. The van der Waals surface area contributed by atoms with Crippen molar-refractivity contribution in [3.8, 4) is 5.69 Å². The molecular weight excluding hydrogens is 322 g/mol. The molecule has 0 spiro atoms. The largest absolute Gasteiger partial charge is 0.374 e. The Labute approximate surface area is 125 Å². The zero-order valence-corrected chi connectivity index (χ0v) is 12.5. The minimum absolute atomic E-state index is 0.294. The van der Waals surface area contributed by atoms with Gasteiger partial charge in [0.15, 0.2) is 5.60 Å². The minimum Gasteiger partial charge on any atom is -0.374 e. The van der Waals surface area contributed by atoms with Crippen LogP contribution in [-0.4, -0.2) is 39.1 Å². The van der Waals surface area contributed by atoms with E-state index in [1.165, 1.54) is 4.90 Å². The number of rotatable bonds is 2. The van der Waals surface area contributed by atoms with E-state index in [1.807, 2.05) is 24.3 Å². The van der Waals surface area contributed by atoms with Crippen molar-refractivity contribution in [2.75, 3.05) is 13.6 Å². The molecule has 0 saturated carbocycles. The highest BCUT2D eigenvalue weighted by Crippen LogP contribution is 2.31. The Hall–Kier alpha value is -1.66. The molecule has 2 aromatic rings. The molecule has 1 fully saturated rings.